The maximum absolute atomic E-state index is 12.9. The minimum Gasteiger partial charge on any atom is -0.490 e. The van der Waals surface area contributed by atoms with Gasteiger partial charge in [-0.15, -0.1) is 0 Å². The van der Waals surface area contributed by atoms with Crippen LogP contribution in [0.15, 0.2) is 42.5 Å². The van der Waals surface area contributed by atoms with Crippen molar-refractivity contribution in [2.75, 3.05) is 19.8 Å². The summed E-state index contributed by atoms with van der Waals surface area (Å²) in [6, 6.07) is 11.0. The second kappa shape index (κ2) is 9.54. The summed E-state index contributed by atoms with van der Waals surface area (Å²) in [6.45, 7) is 5.13. The highest BCUT2D eigenvalue weighted by Gasteiger charge is 2.12. The number of sulfonamides is 1. The first-order chi connectivity index (χ1) is 12.4. The third-order valence-electron chi connectivity index (χ3n) is 3.61. The van der Waals surface area contributed by atoms with Gasteiger partial charge in [0.2, 0.25) is 10.0 Å². The van der Waals surface area contributed by atoms with Crippen molar-refractivity contribution < 1.29 is 22.3 Å². The first kappa shape index (κ1) is 20.2. The van der Waals surface area contributed by atoms with E-state index in [4.69, 9.17) is 9.47 Å². The van der Waals surface area contributed by atoms with Crippen molar-refractivity contribution in [2.45, 2.75) is 26.0 Å². The first-order valence-electron chi connectivity index (χ1n) is 8.53. The zero-order chi connectivity index (χ0) is 19.0. The fourth-order valence-electron chi connectivity index (χ4n) is 2.45. The minimum absolute atomic E-state index is 0.180. The summed E-state index contributed by atoms with van der Waals surface area (Å²) < 4.78 is 50.8. The van der Waals surface area contributed by atoms with Crippen LogP contribution in [0.2, 0.25) is 0 Å². The summed E-state index contributed by atoms with van der Waals surface area (Å²) in [5.41, 5.74) is 1.49. The van der Waals surface area contributed by atoms with Crippen molar-refractivity contribution >= 4 is 10.0 Å². The van der Waals surface area contributed by atoms with E-state index in [1.807, 2.05) is 32.0 Å². The summed E-state index contributed by atoms with van der Waals surface area (Å²) >= 11 is 0. The van der Waals surface area contributed by atoms with Gasteiger partial charge in [-0.2, -0.15) is 0 Å². The van der Waals surface area contributed by atoms with Crippen LogP contribution in [0.25, 0.3) is 0 Å². The van der Waals surface area contributed by atoms with Crippen molar-refractivity contribution in [2.24, 2.45) is 0 Å². The van der Waals surface area contributed by atoms with E-state index in [9.17, 15) is 12.8 Å². The Labute approximate surface area is 154 Å². The van der Waals surface area contributed by atoms with Crippen LogP contribution in [-0.2, 0) is 22.2 Å². The van der Waals surface area contributed by atoms with Gasteiger partial charge in [-0.3, -0.25) is 0 Å². The van der Waals surface area contributed by atoms with Gasteiger partial charge >= 0.3 is 0 Å². The lowest BCUT2D eigenvalue weighted by atomic mass is 10.1. The molecule has 0 atom stereocenters. The Morgan fingerprint density at radius 1 is 0.923 bits per heavy atom. The molecular formula is C19H24FNO4S. The number of halogens is 1. The Balaban J connectivity index is 1.93. The molecule has 0 spiro atoms. The van der Waals surface area contributed by atoms with Gasteiger partial charge in [0.15, 0.2) is 11.5 Å². The van der Waals surface area contributed by atoms with Crippen LogP contribution < -0.4 is 14.2 Å². The van der Waals surface area contributed by atoms with E-state index in [0.29, 0.717) is 36.7 Å². The first-order valence-corrected chi connectivity index (χ1v) is 10.2. The van der Waals surface area contributed by atoms with Crippen molar-refractivity contribution in [3.8, 4) is 11.5 Å². The normalized spacial score (nSPS) is 11.3. The summed E-state index contributed by atoms with van der Waals surface area (Å²) in [5.74, 6) is 0.761. The maximum atomic E-state index is 12.9. The molecule has 0 aliphatic heterocycles. The van der Waals surface area contributed by atoms with E-state index < -0.39 is 10.0 Å². The molecule has 5 nitrogen and oxygen atoms in total. The SMILES string of the molecule is CCOc1ccc(CCNS(=O)(=O)Cc2ccc(F)cc2)cc1OCC. The molecule has 0 unspecified atom stereocenters. The van der Waals surface area contributed by atoms with Gasteiger partial charge in [-0.1, -0.05) is 18.2 Å². The molecule has 0 bridgehead atoms. The Hall–Kier alpha value is -2.12. The van der Waals surface area contributed by atoms with Gasteiger partial charge in [0, 0.05) is 6.54 Å². The number of hydrogen-bond acceptors (Lipinski definition) is 4. The third-order valence-corrected chi connectivity index (χ3v) is 4.97. The van der Waals surface area contributed by atoms with Crippen molar-refractivity contribution in [3.05, 3.63) is 59.4 Å². The Morgan fingerprint density at radius 3 is 2.19 bits per heavy atom. The van der Waals surface area contributed by atoms with E-state index in [1.165, 1.54) is 24.3 Å². The smallest absolute Gasteiger partial charge is 0.215 e. The molecule has 0 heterocycles. The van der Waals surface area contributed by atoms with Gasteiger partial charge in [0.05, 0.1) is 19.0 Å². The lowest BCUT2D eigenvalue weighted by Crippen LogP contribution is -2.27. The van der Waals surface area contributed by atoms with Crippen LogP contribution in [0.4, 0.5) is 4.39 Å². The predicted molar refractivity (Wildman–Crippen MR) is 99.5 cm³/mol. The largest absolute Gasteiger partial charge is 0.490 e. The Bertz CT molecular complexity index is 807. The van der Waals surface area contributed by atoms with Crippen molar-refractivity contribution in [3.63, 3.8) is 0 Å². The quantitative estimate of drug-likeness (QED) is 0.686. The highest BCUT2D eigenvalue weighted by molar-refractivity contribution is 7.88. The van der Waals surface area contributed by atoms with Gasteiger partial charge in [-0.05, 0) is 55.7 Å². The molecule has 26 heavy (non-hydrogen) atoms. The summed E-state index contributed by atoms with van der Waals surface area (Å²) in [4.78, 5) is 0. The van der Waals surface area contributed by atoms with Gasteiger partial charge < -0.3 is 9.47 Å². The van der Waals surface area contributed by atoms with E-state index in [1.54, 1.807) is 0 Å². The molecule has 0 amide bonds. The van der Waals surface area contributed by atoms with E-state index in [2.05, 4.69) is 4.72 Å². The van der Waals surface area contributed by atoms with E-state index >= 15 is 0 Å². The summed E-state index contributed by atoms with van der Waals surface area (Å²) in [6.07, 6.45) is 0.523. The summed E-state index contributed by atoms with van der Waals surface area (Å²) in [5, 5.41) is 0. The zero-order valence-corrected chi connectivity index (χ0v) is 15.8. The monoisotopic (exact) mass is 381 g/mol. The molecule has 7 heteroatoms. The van der Waals surface area contributed by atoms with E-state index in [-0.39, 0.29) is 18.1 Å². The lowest BCUT2D eigenvalue weighted by Gasteiger charge is -2.13. The third kappa shape index (κ3) is 6.31. The molecule has 0 saturated carbocycles. The standard InChI is InChI=1S/C19H24FNO4S/c1-3-24-18-10-7-15(13-19(18)25-4-2)11-12-21-26(22,23)14-16-5-8-17(20)9-6-16/h5-10,13,21H,3-4,11-12,14H2,1-2H3. The van der Waals surface area contributed by atoms with Gasteiger partial charge in [-0.25, -0.2) is 17.5 Å². The highest BCUT2D eigenvalue weighted by Crippen LogP contribution is 2.28. The molecule has 0 radical (unpaired) electrons. The zero-order valence-electron chi connectivity index (χ0n) is 15.0. The Kier molecular flexibility index (Phi) is 7.41. The Morgan fingerprint density at radius 2 is 1.54 bits per heavy atom. The predicted octanol–water partition coefficient (Wildman–Crippen LogP) is 3.29. The van der Waals surface area contributed by atoms with Crippen LogP contribution in [0.3, 0.4) is 0 Å². The second-order valence-electron chi connectivity index (χ2n) is 5.68. The van der Waals surface area contributed by atoms with Crippen molar-refractivity contribution in [1.29, 1.82) is 0 Å². The minimum atomic E-state index is -3.48. The van der Waals surface area contributed by atoms with Crippen LogP contribution in [-0.4, -0.2) is 28.2 Å². The number of benzene rings is 2. The molecule has 2 aromatic carbocycles. The van der Waals surface area contributed by atoms with Crippen molar-refractivity contribution in [1.82, 2.24) is 4.72 Å². The molecule has 0 aromatic heterocycles. The van der Waals surface area contributed by atoms with Crippen LogP contribution in [0, 0.1) is 5.82 Å². The number of rotatable bonds is 10. The molecule has 2 rings (SSSR count). The highest BCUT2D eigenvalue weighted by atomic mass is 32.2. The molecule has 2 aromatic rings. The van der Waals surface area contributed by atoms with Crippen LogP contribution in [0.5, 0.6) is 11.5 Å². The maximum Gasteiger partial charge on any atom is 0.215 e. The fraction of sp³-hybridized carbons (Fsp3) is 0.368. The number of ether oxygens (including phenoxy) is 2. The molecular weight excluding hydrogens is 357 g/mol. The molecule has 0 saturated heterocycles. The average Bonchev–Trinajstić information content (AvgIpc) is 2.59. The number of hydrogen-bond donors (Lipinski definition) is 1. The fourth-order valence-corrected chi connectivity index (χ4v) is 3.60. The van der Waals surface area contributed by atoms with Gasteiger partial charge in [0.25, 0.3) is 0 Å². The number of nitrogens with one attached hydrogen (secondary N) is 1. The lowest BCUT2D eigenvalue weighted by molar-refractivity contribution is 0.287. The van der Waals surface area contributed by atoms with Crippen LogP contribution in [0.1, 0.15) is 25.0 Å². The van der Waals surface area contributed by atoms with Crippen LogP contribution >= 0.6 is 0 Å². The van der Waals surface area contributed by atoms with Gasteiger partial charge in [0.1, 0.15) is 5.82 Å². The second-order valence-corrected chi connectivity index (χ2v) is 7.48. The molecule has 0 fully saturated rings. The molecule has 142 valence electrons. The molecule has 0 aliphatic carbocycles. The van der Waals surface area contributed by atoms with E-state index in [0.717, 1.165) is 5.56 Å². The molecule has 0 aliphatic rings. The topological polar surface area (TPSA) is 64.6 Å². The summed E-state index contributed by atoms with van der Waals surface area (Å²) in [7, 11) is -3.48. The average molecular weight is 381 g/mol. The molecule has 1 N–H and O–H groups in total.